The van der Waals surface area contributed by atoms with Crippen molar-refractivity contribution in [3.63, 3.8) is 0 Å². The Morgan fingerprint density at radius 1 is 0.857 bits per heavy atom. The van der Waals surface area contributed by atoms with E-state index in [1.165, 1.54) is 36.5 Å². The highest BCUT2D eigenvalue weighted by atomic mass is 35.5. The third-order valence-corrected chi connectivity index (χ3v) is 9.73. The van der Waals surface area contributed by atoms with Crippen molar-refractivity contribution in [1.29, 1.82) is 0 Å². The topological polar surface area (TPSA) is 123 Å². The molecule has 0 bridgehead atoms. The second kappa shape index (κ2) is 12.0. The van der Waals surface area contributed by atoms with Crippen LogP contribution in [0.15, 0.2) is 88.8 Å². The number of pyridine rings is 1. The molecule has 4 rings (SSSR count). The van der Waals surface area contributed by atoms with Crippen LogP contribution < -0.4 is 13.3 Å². The molecule has 42 heavy (non-hydrogen) atoms. The van der Waals surface area contributed by atoms with Gasteiger partial charge in [-0.25, -0.2) is 26.1 Å². The number of ether oxygens (including phenoxy) is 2. The van der Waals surface area contributed by atoms with Gasteiger partial charge in [-0.1, -0.05) is 35.9 Å². The quantitative estimate of drug-likeness (QED) is 0.159. The summed E-state index contributed by atoms with van der Waals surface area (Å²) in [4.78, 5) is 14.8. The van der Waals surface area contributed by atoms with Crippen LogP contribution in [0.4, 0.5) is 24.7 Å². The maximum atomic E-state index is 13.6. The van der Waals surface area contributed by atoms with Crippen LogP contribution in [-0.2, 0) is 29.6 Å². The summed E-state index contributed by atoms with van der Waals surface area (Å²) < 4.78 is 102. The Morgan fingerprint density at radius 2 is 1.40 bits per heavy atom. The average molecular weight is 644 g/mol. The van der Waals surface area contributed by atoms with Crippen LogP contribution in [0.1, 0.15) is 6.92 Å². The number of hydrogen-bond donors (Lipinski definition) is 0. The molecule has 0 atom stereocenters. The van der Waals surface area contributed by atoms with E-state index in [1.54, 1.807) is 25.1 Å². The second-order valence-electron chi connectivity index (χ2n) is 8.40. The molecule has 1 aromatic heterocycles. The minimum absolute atomic E-state index is 0.0108. The molecule has 0 N–H and O–H groups in total. The van der Waals surface area contributed by atoms with E-state index in [-0.39, 0.29) is 34.8 Å². The third-order valence-electron chi connectivity index (χ3n) is 5.85. The maximum absolute atomic E-state index is 13.6. The van der Waals surface area contributed by atoms with Crippen LogP contribution in [0.3, 0.4) is 0 Å². The minimum atomic E-state index is -4.98. The molecule has 3 aromatic carbocycles. The Labute approximate surface area is 244 Å². The van der Waals surface area contributed by atoms with Crippen molar-refractivity contribution in [1.82, 2.24) is 4.98 Å². The summed E-state index contributed by atoms with van der Waals surface area (Å²) in [6, 6.07) is 15.2. The molecule has 16 heteroatoms. The highest BCUT2D eigenvalue weighted by molar-refractivity contribution is 7.93. The number of aromatic nitrogens is 1. The summed E-state index contributed by atoms with van der Waals surface area (Å²) in [5, 5.41) is 0.812. The molecule has 1 heterocycles. The molecule has 0 spiro atoms. The summed E-state index contributed by atoms with van der Waals surface area (Å²) in [5.41, 5.74) is 0.133. The molecular weight excluding hydrogens is 623 g/mol. The van der Waals surface area contributed by atoms with E-state index in [0.717, 1.165) is 28.6 Å². The van der Waals surface area contributed by atoms with Gasteiger partial charge in [0.05, 0.1) is 21.7 Å². The SMILES string of the molecule is CCN(c1cnc(N(COC=O)S(=O)(=O)c2ccc(OC(F)(F)F)cc2)c2ccccc12)S(=O)(=O)c1ccc(Cl)cc1. The first kappa shape index (κ1) is 30.9. The van der Waals surface area contributed by atoms with Crippen LogP contribution in [-0.4, -0.2) is 47.9 Å². The Bertz CT molecular complexity index is 1800. The molecule has 0 radical (unpaired) electrons. The zero-order valence-electron chi connectivity index (χ0n) is 21.5. The van der Waals surface area contributed by atoms with Gasteiger partial charge in [0.15, 0.2) is 12.5 Å². The fourth-order valence-corrected chi connectivity index (χ4v) is 6.96. The Balaban J connectivity index is 1.84. The van der Waals surface area contributed by atoms with Crippen molar-refractivity contribution in [2.45, 2.75) is 23.1 Å². The number of benzene rings is 3. The summed E-state index contributed by atoms with van der Waals surface area (Å²) in [6.45, 7) is 0.760. The maximum Gasteiger partial charge on any atom is 0.573 e. The molecule has 10 nitrogen and oxygen atoms in total. The molecule has 0 fully saturated rings. The third kappa shape index (κ3) is 6.37. The van der Waals surface area contributed by atoms with Crippen LogP contribution in [0, 0.1) is 0 Å². The number of alkyl halides is 3. The van der Waals surface area contributed by atoms with E-state index in [2.05, 4.69) is 9.72 Å². The average Bonchev–Trinajstić information content (AvgIpc) is 2.94. The number of carbonyl (C=O) groups is 1. The first-order valence-electron chi connectivity index (χ1n) is 11.9. The number of fused-ring (bicyclic) bond motifs is 1. The van der Waals surface area contributed by atoms with E-state index in [0.29, 0.717) is 14.7 Å². The van der Waals surface area contributed by atoms with Gasteiger partial charge in [0, 0.05) is 22.3 Å². The van der Waals surface area contributed by atoms with Gasteiger partial charge in [0.25, 0.3) is 26.5 Å². The zero-order chi connectivity index (χ0) is 30.7. The number of halogens is 4. The standard InChI is InChI=1S/C26H21ClF3N3O7S2/c1-2-32(41(35,36)20-11-7-18(27)8-12-20)24-15-31-25(23-6-4-3-5-22(23)24)33(16-39-17-34)42(37,38)21-13-9-19(10-14-21)40-26(28,29)30/h3-15,17H,2,16H2,1H3. The van der Waals surface area contributed by atoms with Crippen LogP contribution >= 0.6 is 11.6 Å². The summed E-state index contributed by atoms with van der Waals surface area (Å²) >= 11 is 5.91. The second-order valence-corrected chi connectivity index (χ2v) is 12.6. The number of anilines is 2. The van der Waals surface area contributed by atoms with Gasteiger partial charge in [-0.3, -0.25) is 9.10 Å². The molecule has 0 saturated carbocycles. The van der Waals surface area contributed by atoms with Gasteiger partial charge in [0.1, 0.15) is 5.75 Å². The van der Waals surface area contributed by atoms with Crippen LogP contribution in [0.25, 0.3) is 10.8 Å². The van der Waals surface area contributed by atoms with Crippen molar-refractivity contribution in [2.75, 3.05) is 21.9 Å². The van der Waals surface area contributed by atoms with Gasteiger partial charge < -0.3 is 9.47 Å². The first-order chi connectivity index (χ1) is 19.8. The molecule has 0 aliphatic rings. The summed E-state index contributed by atoms with van der Waals surface area (Å²) in [6.07, 6.45) is -3.82. The lowest BCUT2D eigenvalue weighted by Gasteiger charge is -2.27. The van der Waals surface area contributed by atoms with E-state index >= 15 is 0 Å². The van der Waals surface area contributed by atoms with Crippen LogP contribution in [0.2, 0.25) is 5.02 Å². The van der Waals surface area contributed by atoms with E-state index in [9.17, 15) is 34.8 Å². The summed E-state index contributed by atoms with van der Waals surface area (Å²) in [5.74, 6) is -0.876. The lowest BCUT2D eigenvalue weighted by molar-refractivity contribution is -0.274. The largest absolute Gasteiger partial charge is 0.573 e. The van der Waals surface area contributed by atoms with E-state index in [4.69, 9.17) is 16.3 Å². The predicted octanol–water partition coefficient (Wildman–Crippen LogP) is 5.33. The highest BCUT2D eigenvalue weighted by Crippen LogP contribution is 2.37. The lowest BCUT2D eigenvalue weighted by Crippen LogP contribution is -2.35. The fourth-order valence-electron chi connectivity index (χ4n) is 4.05. The molecule has 0 saturated heterocycles. The molecule has 0 aliphatic carbocycles. The molecule has 0 amide bonds. The van der Waals surface area contributed by atoms with Crippen molar-refractivity contribution in [2.24, 2.45) is 0 Å². The Kier molecular flexibility index (Phi) is 8.84. The first-order valence-corrected chi connectivity index (χ1v) is 15.1. The predicted molar refractivity (Wildman–Crippen MR) is 148 cm³/mol. The Morgan fingerprint density at radius 3 is 1.95 bits per heavy atom. The van der Waals surface area contributed by atoms with Gasteiger partial charge in [-0.15, -0.1) is 13.2 Å². The van der Waals surface area contributed by atoms with Gasteiger partial charge in [-0.2, -0.15) is 0 Å². The summed E-state index contributed by atoms with van der Waals surface area (Å²) in [7, 11) is -8.69. The van der Waals surface area contributed by atoms with E-state index in [1.807, 2.05) is 0 Å². The van der Waals surface area contributed by atoms with Gasteiger partial charge >= 0.3 is 6.36 Å². The van der Waals surface area contributed by atoms with Crippen molar-refractivity contribution >= 4 is 60.4 Å². The zero-order valence-corrected chi connectivity index (χ0v) is 23.9. The minimum Gasteiger partial charge on any atom is -0.445 e. The lowest BCUT2D eigenvalue weighted by atomic mass is 10.1. The van der Waals surface area contributed by atoms with Crippen molar-refractivity contribution < 1.29 is 44.3 Å². The number of hydrogen-bond acceptors (Lipinski definition) is 8. The number of rotatable bonds is 11. The number of sulfonamides is 2. The molecule has 4 aromatic rings. The van der Waals surface area contributed by atoms with Gasteiger partial charge in [-0.05, 0) is 55.5 Å². The van der Waals surface area contributed by atoms with Crippen molar-refractivity contribution in [3.8, 4) is 5.75 Å². The molecular formula is C26H21ClF3N3O7S2. The molecule has 0 aliphatic heterocycles. The monoisotopic (exact) mass is 643 g/mol. The van der Waals surface area contributed by atoms with Gasteiger partial charge in [0.2, 0.25) is 0 Å². The fraction of sp³-hybridized carbons (Fsp3) is 0.154. The Hall–Kier alpha value is -4.08. The highest BCUT2D eigenvalue weighted by Gasteiger charge is 2.33. The smallest absolute Gasteiger partial charge is 0.445 e. The number of nitrogens with zero attached hydrogens (tertiary/aromatic N) is 3. The molecule has 222 valence electrons. The van der Waals surface area contributed by atoms with Crippen LogP contribution in [0.5, 0.6) is 5.75 Å². The number of carbonyl (C=O) groups excluding carboxylic acids is 1. The van der Waals surface area contributed by atoms with Crippen molar-refractivity contribution in [3.05, 3.63) is 84.0 Å². The normalized spacial score (nSPS) is 12.1. The molecule has 0 unspecified atom stereocenters. The van der Waals surface area contributed by atoms with E-state index < -0.39 is 43.8 Å².